The fourth-order valence-corrected chi connectivity index (χ4v) is 4.65. The summed E-state index contributed by atoms with van der Waals surface area (Å²) < 4.78 is 5.39. The fraction of sp³-hybridized carbons (Fsp3) is 0.0500. The third-order valence-electron chi connectivity index (χ3n) is 4.76. The first-order valence-electron chi connectivity index (χ1n) is 7.95. The molecule has 0 bridgehead atoms. The smallest absolute Gasteiger partial charge is 0.266 e. The highest BCUT2D eigenvalue weighted by atomic mass is 32.1. The molecule has 1 aliphatic carbocycles. The Kier molecular flexibility index (Phi) is 2.96. The van der Waals surface area contributed by atoms with E-state index in [2.05, 4.69) is 0 Å². The minimum Gasteiger partial charge on any atom is -0.496 e. The van der Waals surface area contributed by atoms with Crippen LogP contribution in [0.3, 0.4) is 0 Å². The summed E-state index contributed by atoms with van der Waals surface area (Å²) in [6.45, 7) is 0. The standard InChI is InChI=1S/C20H11NO4S/c1-25-14-8-4-7-12-15(14)13-9-26-20(16(13)17(12)22)21-18(23)10-5-2-3-6-11(10)19(21)24/h2-9H,1H3. The lowest BCUT2D eigenvalue weighted by Crippen LogP contribution is -2.29. The number of carbonyl (C=O) groups is 3. The van der Waals surface area contributed by atoms with Crippen molar-refractivity contribution in [3.8, 4) is 16.9 Å². The summed E-state index contributed by atoms with van der Waals surface area (Å²) in [5, 5.41) is 2.18. The van der Waals surface area contributed by atoms with Gasteiger partial charge in [-0.2, -0.15) is 0 Å². The molecule has 2 aliphatic rings. The summed E-state index contributed by atoms with van der Waals surface area (Å²) in [7, 11) is 1.55. The Hall–Kier alpha value is -3.25. The summed E-state index contributed by atoms with van der Waals surface area (Å²) in [6.07, 6.45) is 0. The second-order valence-electron chi connectivity index (χ2n) is 6.03. The van der Waals surface area contributed by atoms with Gasteiger partial charge in [-0.15, -0.1) is 11.3 Å². The number of ether oxygens (including phenoxy) is 1. The van der Waals surface area contributed by atoms with E-state index in [0.29, 0.717) is 44.1 Å². The number of carbonyl (C=O) groups excluding carboxylic acids is 3. The Morgan fingerprint density at radius 3 is 2.12 bits per heavy atom. The molecule has 126 valence electrons. The van der Waals surface area contributed by atoms with Crippen molar-refractivity contribution in [1.82, 2.24) is 0 Å². The molecule has 0 saturated carbocycles. The van der Waals surface area contributed by atoms with Crippen LogP contribution < -0.4 is 9.64 Å². The molecule has 0 spiro atoms. The Balaban J connectivity index is 1.70. The minimum atomic E-state index is -0.397. The van der Waals surface area contributed by atoms with E-state index in [-0.39, 0.29) is 5.78 Å². The number of hydrogen-bond donors (Lipinski definition) is 0. The van der Waals surface area contributed by atoms with Crippen LogP contribution in [0.2, 0.25) is 0 Å². The SMILES string of the molecule is COc1cccc2c1-c1csc(N3C(=O)c4ccccc4C3=O)c1C2=O. The van der Waals surface area contributed by atoms with E-state index >= 15 is 0 Å². The summed E-state index contributed by atoms with van der Waals surface area (Å²) in [4.78, 5) is 39.7. The van der Waals surface area contributed by atoms with Crippen molar-refractivity contribution in [3.63, 3.8) is 0 Å². The molecular weight excluding hydrogens is 350 g/mol. The number of benzene rings is 2. The molecule has 2 amide bonds. The first kappa shape index (κ1) is 15.0. The lowest BCUT2D eigenvalue weighted by atomic mass is 10.1. The maximum Gasteiger partial charge on any atom is 0.266 e. The minimum absolute atomic E-state index is 0.193. The van der Waals surface area contributed by atoms with E-state index in [1.54, 1.807) is 55.0 Å². The van der Waals surface area contributed by atoms with E-state index in [9.17, 15) is 14.4 Å². The number of amides is 2. The fourth-order valence-electron chi connectivity index (χ4n) is 3.59. The number of anilines is 1. The Morgan fingerprint density at radius 2 is 1.46 bits per heavy atom. The zero-order valence-electron chi connectivity index (χ0n) is 13.6. The molecular formula is C20H11NO4S. The molecule has 0 atom stereocenters. The van der Waals surface area contributed by atoms with Crippen LogP contribution in [0.25, 0.3) is 11.1 Å². The lowest BCUT2D eigenvalue weighted by molar-refractivity contribution is 0.0927. The quantitative estimate of drug-likeness (QED) is 0.510. The van der Waals surface area contributed by atoms with Crippen molar-refractivity contribution in [3.05, 3.63) is 70.1 Å². The number of rotatable bonds is 2. The second-order valence-corrected chi connectivity index (χ2v) is 6.89. The van der Waals surface area contributed by atoms with E-state index in [1.807, 2.05) is 0 Å². The van der Waals surface area contributed by atoms with Crippen molar-refractivity contribution in [2.24, 2.45) is 0 Å². The number of nitrogens with zero attached hydrogens (tertiary/aromatic N) is 1. The normalized spacial score (nSPS) is 14.5. The van der Waals surface area contributed by atoms with Gasteiger partial charge in [0.2, 0.25) is 0 Å². The zero-order valence-corrected chi connectivity index (χ0v) is 14.4. The van der Waals surface area contributed by atoms with Gasteiger partial charge in [0.1, 0.15) is 10.8 Å². The van der Waals surface area contributed by atoms with Gasteiger partial charge in [0.25, 0.3) is 11.8 Å². The van der Waals surface area contributed by atoms with Crippen molar-refractivity contribution < 1.29 is 19.1 Å². The molecule has 6 heteroatoms. The van der Waals surface area contributed by atoms with Gasteiger partial charge in [0, 0.05) is 22.1 Å². The Bertz CT molecular complexity index is 1110. The second kappa shape index (κ2) is 5.12. The molecule has 2 aromatic carbocycles. The predicted molar refractivity (Wildman–Crippen MR) is 97.3 cm³/mol. The van der Waals surface area contributed by atoms with E-state index in [0.717, 1.165) is 4.90 Å². The van der Waals surface area contributed by atoms with Crippen molar-refractivity contribution in [2.45, 2.75) is 0 Å². The first-order valence-corrected chi connectivity index (χ1v) is 8.83. The number of ketones is 1. The highest BCUT2D eigenvalue weighted by molar-refractivity contribution is 7.15. The van der Waals surface area contributed by atoms with Crippen molar-refractivity contribution in [1.29, 1.82) is 0 Å². The number of methoxy groups -OCH3 is 1. The Labute approximate surface area is 152 Å². The van der Waals surface area contributed by atoms with Gasteiger partial charge in [-0.05, 0) is 18.2 Å². The largest absolute Gasteiger partial charge is 0.496 e. The van der Waals surface area contributed by atoms with Crippen molar-refractivity contribution >= 4 is 33.9 Å². The van der Waals surface area contributed by atoms with Gasteiger partial charge in [0.15, 0.2) is 5.78 Å². The zero-order chi connectivity index (χ0) is 18.0. The number of thiophene rings is 1. The molecule has 0 fully saturated rings. The molecule has 5 nitrogen and oxygen atoms in total. The molecule has 3 aromatic rings. The van der Waals surface area contributed by atoms with Gasteiger partial charge >= 0.3 is 0 Å². The van der Waals surface area contributed by atoms with E-state index in [1.165, 1.54) is 11.3 Å². The average Bonchev–Trinajstić information content (AvgIpc) is 3.29. The monoisotopic (exact) mass is 361 g/mol. The third-order valence-corrected chi connectivity index (χ3v) is 5.72. The highest BCUT2D eigenvalue weighted by Gasteiger charge is 2.42. The molecule has 0 N–H and O–H groups in total. The molecule has 1 aromatic heterocycles. The third kappa shape index (κ3) is 1.71. The molecule has 5 rings (SSSR count). The Morgan fingerprint density at radius 1 is 0.808 bits per heavy atom. The van der Waals surface area contributed by atoms with Gasteiger partial charge in [-0.1, -0.05) is 24.3 Å². The van der Waals surface area contributed by atoms with Crippen LogP contribution >= 0.6 is 11.3 Å². The summed E-state index contributed by atoms with van der Waals surface area (Å²) in [6, 6.07) is 12.0. The molecule has 2 heterocycles. The highest BCUT2D eigenvalue weighted by Crippen LogP contribution is 2.50. The molecule has 26 heavy (non-hydrogen) atoms. The maximum absolute atomic E-state index is 13.0. The molecule has 1 aliphatic heterocycles. The van der Waals surface area contributed by atoms with E-state index in [4.69, 9.17) is 4.74 Å². The number of imide groups is 1. The molecule has 0 unspecified atom stereocenters. The van der Waals surface area contributed by atoms with Gasteiger partial charge in [0.05, 0.1) is 23.8 Å². The molecule has 0 saturated heterocycles. The maximum atomic E-state index is 13.0. The summed E-state index contributed by atoms with van der Waals surface area (Å²) >= 11 is 1.22. The predicted octanol–water partition coefficient (Wildman–Crippen LogP) is 3.77. The number of fused-ring (bicyclic) bond motifs is 4. The van der Waals surface area contributed by atoms with Gasteiger partial charge < -0.3 is 4.74 Å². The number of hydrogen-bond acceptors (Lipinski definition) is 5. The average molecular weight is 361 g/mol. The van der Waals surface area contributed by atoms with Crippen LogP contribution in [0, 0.1) is 0 Å². The van der Waals surface area contributed by atoms with Crippen LogP contribution in [0.1, 0.15) is 36.6 Å². The van der Waals surface area contributed by atoms with Crippen molar-refractivity contribution in [2.75, 3.05) is 12.0 Å². The topological polar surface area (TPSA) is 63.7 Å². The van der Waals surface area contributed by atoms with Crippen LogP contribution in [-0.2, 0) is 0 Å². The van der Waals surface area contributed by atoms with Gasteiger partial charge in [-0.3, -0.25) is 14.4 Å². The van der Waals surface area contributed by atoms with Crippen LogP contribution in [0.15, 0.2) is 47.8 Å². The molecule has 0 radical (unpaired) electrons. The first-order chi connectivity index (χ1) is 12.6. The van der Waals surface area contributed by atoms with Crippen LogP contribution in [0.5, 0.6) is 5.75 Å². The van der Waals surface area contributed by atoms with Crippen LogP contribution in [-0.4, -0.2) is 24.7 Å². The van der Waals surface area contributed by atoms with Gasteiger partial charge in [-0.25, -0.2) is 4.90 Å². The summed E-state index contributed by atoms with van der Waals surface area (Å²) in [5.41, 5.74) is 3.07. The van der Waals surface area contributed by atoms with Crippen LogP contribution in [0.4, 0.5) is 5.00 Å². The van der Waals surface area contributed by atoms with E-state index < -0.39 is 11.8 Å². The summed E-state index contributed by atoms with van der Waals surface area (Å²) in [5.74, 6) is -0.389. The lowest BCUT2D eigenvalue weighted by Gasteiger charge is -2.12.